The van der Waals surface area contributed by atoms with Crippen LogP contribution in [0.3, 0.4) is 0 Å². The molecule has 0 radical (unpaired) electrons. The molecule has 26 heavy (non-hydrogen) atoms. The molecule has 3 fully saturated rings. The van der Waals surface area contributed by atoms with Crippen LogP contribution in [0.25, 0.3) is 11.1 Å². The molecule has 5 rings (SSSR count). The average Bonchev–Trinajstić information content (AvgIpc) is 2.87. The number of sulfone groups is 1. The molecule has 1 amide bonds. The molecule has 3 aliphatic rings. The molecular formula is C18H19ClN2O4S. The third-order valence-corrected chi connectivity index (χ3v) is 8.12. The first-order valence-electron chi connectivity index (χ1n) is 8.88. The summed E-state index contributed by atoms with van der Waals surface area (Å²) in [6.07, 6.45) is 3.97. The second-order valence-electron chi connectivity index (χ2n) is 8.16. The van der Waals surface area contributed by atoms with Crippen LogP contribution in [-0.2, 0) is 14.6 Å². The minimum atomic E-state index is -2.95. The first kappa shape index (κ1) is 16.6. The van der Waals surface area contributed by atoms with Crippen molar-refractivity contribution in [2.45, 2.75) is 37.6 Å². The summed E-state index contributed by atoms with van der Waals surface area (Å²) >= 11 is 5.99. The number of amides is 1. The van der Waals surface area contributed by atoms with Gasteiger partial charge in [-0.2, -0.15) is 0 Å². The highest BCUT2D eigenvalue weighted by Crippen LogP contribution is 2.61. The zero-order valence-corrected chi connectivity index (χ0v) is 15.6. The first-order valence-corrected chi connectivity index (χ1v) is 11.1. The van der Waals surface area contributed by atoms with E-state index in [0.717, 1.165) is 42.7 Å². The molecule has 1 aromatic heterocycles. The molecule has 8 heteroatoms. The Kier molecular flexibility index (Phi) is 3.47. The third kappa shape index (κ3) is 2.72. The monoisotopic (exact) mass is 394 g/mol. The molecule has 0 unspecified atom stereocenters. The van der Waals surface area contributed by atoms with E-state index in [0.29, 0.717) is 10.9 Å². The summed E-state index contributed by atoms with van der Waals surface area (Å²) in [5, 5.41) is 3.66. The fraction of sp³-hybridized carbons (Fsp3) is 0.556. The number of halogens is 1. The molecule has 0 atom stereocenters. The zero-order chi connectivity index (χ0) is 18.1. The third-order valence-electron chi connectivity index (χ3n) is 6.06. The number of rotatable bonds is 3. The van der Waals surface area contributed by atoms with Crippen molar-refractivity contribution in [1.82, 2.24) is 10.3 Å². The topological polar surface area (TPSA) is 89.3 Å². The second-order valence-corrected chi connectivity index (χ2v) is 10.7. The molecule has 1 aromatic carbocycles. The highest BCUT2D eigenvalue weighted by molar-refractivity contribution is 7.92. The number of nitrogens with zero attached hydrogens (tertiary/aromatic N) is 1. The van der Waals surface area contributed by atoms with Crippen LogP contribution >= 0.6 is 11.6 Å². The second kappa shape index (κ2) is 5.45. The molecule has 0 bridgehead atoms. The van der Waals surface area contributed by atoms with Crippen LogP contribution in [0.2, 0.25) is 5.02 Å². The van der Waals surface area contributed by atoms with Gasteiger partial charge < -0.3 is 9.73 Å². The van der Waals surface area contributed by atoms with Gasteiger partial charge in [0.1, 0.15) is 5.52 Å². The molecule has 2 saturated carbocycles. The van der Waals surface area contributed by atoms with Crippen molar-refractivity contribution in [3.05, 3.63) is 29.1 Å². The lowest BCUT2D eigenvalue weighted by Gasteiger charge is -2.57. The molecule has 1 aliphatic heterocycles. The lowest BCUT2D eigenvalue weighted by molar-refractivity contribution is -0.128. The molecule has 1 spiro atoms. The summed E-state index contributed by atoms with van der Waals surface area (Å²) < 4.78 is 28.2. The van der Waals surface area contributed by atoms with Gasteiger partial charge in [-0.15, -0.1) is 0 Å². The zero-order valence-electron chi connectivity index (χ0n) is 14.1. The standard InChI is InChI=1S/C18H19ClN2O4S/c19-12-1-2-15-14(3-12)21-17(25-15)10-4-18(5-10)6-13(7-18)20-16(22)11-8-26(23,24)9-11/h1-3,10-11,13H,4-9H2,(H,20,22). The summed E-state index contributed by atoms with van der Waals surface area (Å²) in [4.78, 5) is 16.6. The maximum absolute atomic E-state index is 12.0. The Balaban J connectivity index is 1.15. The predicted octanol–water partition coefficient (Wildman–Crippen LogP) is 2.67. The van der Waals surface area contributed by atoms with Gasteiger partial charge in [-0.05, 0) is 49.3 Å². The molecule has 138 valence electrons. The Morgan fingerprint density at radius 2 is 1.96 bits per heavy atom. The van der Waals surface area contributed by atoms with Crippen molar-refractivity contribution in [1.29, 1.82) is 0 Å². The molecule has 2 aromatic rings. The molecule has 6 nitrogen and oxygen atoms in total. The van der Waals surface area contributed by atoms with Crippen molar-refractivity contribution in [3.8, 4) is 0 Å². The maximum atomic E-state index is 12.0. The lowest BCUT2D eigenvalue weighted by Crippen LogP contribution is -2.58. The fourth-order valence-electron chi connectivity index (χ4n) is 4.71. The van der Waals surface area contributed by atoms with Crippen LogP contribution in [0.5, 0.6) is 0 Å². The number of carbonyl (C=O) groups excluding carboxylic acids is 1. The van der Waals surface area contributed by atoms with Crippen LogP contribution in [-0.4, -0.2) is 36.9 Å². The SMILES string of the molecule is O=C(NC1CC2(C1)CC(c1nc3cc(Cl)ccc3o1)C2)C1CS(=O)(=O)C1. The van der Waals surface area contributed by atoms with E-state index in [2.05, 4.69) is 10.3 Å². The fourth-order valence-corrected chi connectivity index (χ4v) is 6.31. The van der Waals surface area contributed by atoms with Crippen LogP contribution < -0.4 is 5.32 Å². The van der Waals surface area contributed by atoms with E-state index in [1.54, 1.807) is 6.07 Å². The summed E-state index contributed by atoms with van der Waals surface area (Å²) in [6, 6.07) is 5.63. The van der Waals surface area contributed by atoms with Crippen LogP contribution in [0.4, 0.5) is 0 Å². The number of nitrogens with one attached hydrogen (secondary N) is 1. The highest BCUT2D eigenvalue weighted by Gasteiger charge is 2.55. The quantitative estimate of drug-likeness (QED) is 0.864. The number of aromatic nitrogens is 1. The molecule has 2 aliphatic carbocycles. The van der Waals surface area contributed by atoms with Gasteiger partial charge in [-0.25, -0.2) is 13.4 Å². The van der Waals surface area contributed by atoms with E-state index >= 15 is 0 Å². The van der Waals surface area contributed by atoms with Crippen molar-refractivity contribution in [3.63, 3.8) is 0 Å². The number of hydrogen-bond acceptors (Lipinski definition) is 5. The minimum Gasteiger partial charge on any atom is -0.440 e. The van der Waals surface area contributed by atoms with Gasteiger partial charge in [-0.1, -0.05) is 11.6 Å². The van der Waals surface area contributed by atoms with Gasteiger partial charge >= 0.3 is 0 Å². The van der Waals surface area contributed by atoms with E-state index in [1.165, 1.54) is 0 Å². The van der Waals surface area contributed by atoms with Gasteiger partial charge in [0.15, 0.2) is 21.3 Å². The lowest BCUT2D eigenvalue weighted by atomic mass is 9.50. The van der Waals surface area contributed by atoms with Crippen molar-refractivity contribution in [2.75, 3.05) is 11.5 Å². The van der Waals surface area contributed by atoms with Gasteiger partial charge in [0.2, 0.25) is 5.91 Å². The number of hydrogen-bond donors (Lipinski definition) is 1. The summed E-state index contributed by atoms with van der Waals surface area (Å²) in [7, 11) is -2.95. The first-order chi connectivity index (χ1) is 12.3. The molecule has 1 N–H and O–H groups in total. The Morgan fingerprint density at radius 1 is 1.23 bits per heavy atom. The highest BCUT2D eigenvalue weighted by atomic mass is 35.5. The normalized spacial score (nSPS) is 32.7. The van der Waals surface area contributed by atoms with Gasteiger partial charge in [0.05, 0.1) is 17.4 Å². The molecule has 2 heterocycles. The van der Waals surface area contributed by atoms with Gasteiger partial charge in [0, 0.05) is 17.0 Å². The van der Waals surface area contributed by atoms with Gasteiger partial charge in [0.25, 0.3) is 0 Å². The van der Waals surface area contributed by atoms with E-state index < -0.39 is 9.84 Å². The number of fused-ring (bicyclic) bond motifs is 1. The predicted molar refractivity (Wildman–Crippen MR) is 96.7 cm³/mol. The molecular weight excluding hydrogens is 376 g/mol. The number of carbonyl (C=O) groups is 1. The Labute approximate surface area is 156 Å². The van der Waals surface area contributed by atoms with Crippen LogP contribution in [0.15, 0.2) is 22.6 Å². The van der Waals surface area contributed by atoms with Crippen molar-refractivity contribution < 1.29 is 17.6 Å². The number of benzene rings is 1. The Hall–Kier alpha value is -1.60. The maximum Gasteiger partial charge on any atom is 0.225 e. The van der Waals surface area contributed by atoms with Crippen molar-refractivity contribution in [2.24, 2.45) is 11.3 Å². The largest absolute Gasteiger partial charge is 0.440 e. The van der Waals surface area contributed by atoms with E-state index in [1.807, 2.05) is 12.1 Å². The van der Waals surface area contributed by atoms with Crippen molar-refractivity contribution >= 4 is 38.4 Å². The molecule has 1 saturated heterocycles. The van der Waals surface area contributed by atoms with E-state index in [-0.39, 0.29) is 34.8 Å². The average molecular weight is 395 g/mol. The van der Waals surface area contributed by atoms with E-state index in [4.69, 9.17) is 16.0 Å². The Bertz CT molecular complexity index is 989. The summed E-state index contributed by atoms with van der Waals surface area (Å²) in [5.74, 6) is 0.652. The minimum absolute atomic E-state index is 0.000505. The van der Waals surface area contributed by atoms with Gasteiger partial charge in [-0.3, -0.25) is 4.79 Å². The Morgan fingerprint density at radius 3 is 2.65 bits per heavy atom. The summed E-state index contributed by atoms with van der Waals surface area (Å²) in [6.45, 7) is 0. The van der Waals surface area contributed by atoms with Crippen LogP contribution in [0.1, 0.15) is 37.5 Å². The van der Waals surface area contributed by atoms with Crippen LogP contribution in [0, 0.1) is 11.3 Å². The smallest absolute Gasteiger partial charge is 0.225 e. The number of oxazole rings is 1. The summed E-state index contributed by atoms with van der Waals surface area (Å²) in [5.41, 5.74) is 1.84. The van der Waals surface area contributed by atoms with E-state index in [9.17, 15) is 13.2 Å².